The first kappa shape index (κ1) is 23.5. The summed E-state index contributed by atoms with van der Waals surface area (Å²) in [4.78, 5) is 17.0. The van der Waals surface area contributed by atoms with E-state index in [1.54, 1.807) is 11.8 Å². The van der Waals surface area contributed by atoms with Gasteiger partial charge in [0.15, 0.2) is 0 Å². The van der Waals surface area contributed by atoms with E-state index >= 15 is 0 Å². The van der Waals surface area contributed by atoms with E-state index in [1.807, 2.05) is 0 Å². The summed E-state index contributed by atoms with van der Waals surface area (Å²) in [7, 11) is 0. The lowest BCUT2D eigenvalue weighted by atomic mass is 9.75. The number of carbonyl (C=O) groups excluding carboxylic acids is 1. The third-order valence-corrected chi connectivity index (χ3v) is 6.33. The fourth-order valence-electron chi connectivity index (χ4n) is 4.61. The van der Waals surface area contributed by atoms with Crippen LogP contribution in [0.5, 0.6) is 0 Å². The fraction of sp³-hybridized carbons (Fsp3) is 0.952. The fourth-order valence-corrected chi connectivity index (χ4v) is 4.61. The van der Waals surface area contributed by atoms with Gasteiger partial charge in [-0.15, -0.1) is 0 Å². The molecule has 0 aliphatic carbocycles. The first-order chi connectivity index (χ1) is 13.0. The van der Waals surface area contributed by atoms with Crippen LogP contribution < -0.4 is 5.32 Å². The van der Waals surface area contributed by atoms with Gasteiger partial charge in [0.1, 0.15) is 0 Å². The van der Waals surface area contributed by atoms with Crippen molar-refractivity contribution in [3.05, 3.63) is 0 Å². The maximum Gasteiger partial charge on any atom is 0.389 e. The first-order valence-corrected chi connectivity index (χ1v) is 10.7. The Kier molecular flexibility index (Phi) is 8.20. The number of nitrogens with zero attached hydrogens (tertiary/aromatic N) is 2. The van der Waals surface area contributed by atoms with Crippen molar-refractivity contribution < 1.29 is 18.0 Å². The Hall–Kier alpha value is -0.820. The van der Waals surface area contributed by atoms with Gasteiger partial charge in [0.05, 0.1) is 6.54 Å². The Morgan fingerprint density at radius 1 is 1.11 bits per heavy atom. The van der Waals surface area contributed by atoms with Crippen molar-refractivity contribution >= 4 is 5.91 Å². The quantitative estimate of drug-likeness (QED) is 0.728. The monoisotopic (exact) mass is 405 g/mol. The molecule has 1 amide bonds. The van der Waals surface area contributed by atoms with Crippen LogP contribution in [0.15, 0.2) is 0 Å². The number of carbonyl (C=O) groups is 1. The maximum atomic E-state index is 13.1. The summed E-state index contributed by atoms with van der Waals surface area (Å²) >= 11 is 0. The van der Waals surface area contributed by atoms with Gasteiger partial charge in [0, 0.05) is 19.0 Å². The highest BCUT2D eigenvalue weighted by molar-refractivity contribution is 5.78. The molecule has 0 aromatic rings. The van der Waals surface area contributed by atoms with E-state index in [2.05, 4.69) is 31.0 Å². The number of nitrogens with one attached hydrogen (secondary N) is 1. The van der Waals surface area contributed by atoms with Crippen LogP contribution in [0.2, 0.25) is 0 Å². The van der Waals surface area contributed by atoms with Gasteiger partial charge in [0.25, 0.3) is 0 Å². The molecule has 1 N–H and O–H groups in total. The Morgan fingerprint density at radius 3 is 2.18 bits per heavy atom. The molecule has 2 aliphatic heterocycles. The number of halogens is 3. The molecule has 2 fully saturated rings. The van der Waals surface area contributed by atoms with Crippen molar-refractivity contribution in [1.82, 2.24) is 15.1 Å². The van der Waals surface area contributed by atoms with Crippen LogP contribution in [0.3, 0.4) is 0 Å². The van der Waals surface area contributed by atoms with Crippen LogP contribution in [-0.4, -0.2) is 67.2 Å². The van der Waals surface area contributed by atoms with Crippen LogP contribution in [0.25, 0.3) is 0 Å². The minimum atomic E-state index is -4.18. The van der Waals surface area contributed by atoms with Gasteiger partial charge in [-0.25, -0.2) is 0 Å². The molecule has 4 nitrogen and oxygen atoms in total. The smallest absolute Gasteiger partial charge is 0.338 e. The predicted octanol–water partition coefficient (Wildman–Crippen LogP) is 3.91. The van der Waals surface area contributed by atoms with E-state index in [-0.39, 0.29) is 23.9 Å². The lowest BCUT2D eigenvalue weighted by molar-refractivity contribution is -0.150. The van der Waals surface area contributed by atoms with E-state index in [1.165, 1.54) is 0 Å². The SMILES string of the molecule is CC(CN(C(=O)CN1CCC(C(C)(C)C)CC1)C1CCNCC1)CC(F)(F)F. The summed E-state index contributed by atoms with van der Waals surface area (Å²) in [5, 5.41) is 3.27. The molecule has 0 aromatic heterocycles. The molecule has 0 bridgehead atoms. The van der Waals surface area contributed by atoms with Gasteiger partial charge in [-0.3, -0.25) is 9.69 Å². The Labute approximate surface area is 168 Å². The van der Waals surface area contributed by atoms with Crippen molar-refractivity contribution in [2.75, 3.05) is 39.3 Å². The molecule has 0 spiro atoms. The minimum Gasteiger partial charge on any atom is -0.338 e. The topological polar surface area (TPSA) is 35.6 Å². The summed E-state index contributed by atoms with van der Waals surface area (Å²) in [5.74, 6) is 0.0757. The zero-order valence-corrected chi connectivity index (χ0v) is 17.9. The van der Waals surface area contributed by atoms with Crippen molar-refractivity contribution in [1.29, 1.82) is 0 Å². The molecular formula is C21H38F3N3O. The molecular weight excluding hydrogens is 367 g/mol. The number of likely N-dealkylation sites (tertiary alicyclic amines) is 1. The van der Waals surface area contributed by atoms with Crippen LogP contribution in [0.4, 0.5) is 13.2 Å². The number of rotatable bonds is 6. The second-order valence-corrected chi connectivity index (χ2v) is 9.87. The lowest BCUT2D eigenvalue weighted by Gasteiger charge is -2.41. The molecule has 0 saturated carbocycles. The largest absolute Gasteiger partial charge is 0.389 e. The average Bonchev–Trinajstić information content (AvgIpc) is 2.58. The molecule has 164 valence electrons. The third-order valence-electron chi connectivity index (χ3n) is 6.33. The standard InChI is InChI=1S/C21H38F3N3O/c1-16(13-21(22,23)24)14-27(18-5-9-25-10-6-18)19(28)15-26-11-7-17(8-12-26)20(2,3)4/h16-18,25H,5-15H2,1-4H3. The van der Waals surface area contributed by atoms with E-state index in [0.29, 0.717) is 12.5 Å². The van der Waals surface area contributed by atoms with Crippen molar-refractivity contribution in [2.45, 2.75) is 72.0 Å². The highest BCUT2D eigenvalue weighted by Crippen LogP contribution is 2.34. The van der Waals surface area contributed by atoms with E-state index in [9.17, 15) is 18.0 Å². The van der Waals surface area contributed by atoms with Crippen LogP contribution in [-0.2, 0) is 4.79 Å². The molecule has 0 radical (unpaired) electrons. The molecule has 0 aromatic carbocycles. The predicted molar refractivity (Wildman–Crippen MR) is 106 cm³/mol. The number of hydrogen-bond acceptors (Lipinski definition) is 3. The summed E-state index contributed by atoms with van der Waals surface area (Å²) in [6, 6.07) is 0.0524. The van der Waals surface area contributed by atoms with Crippen LogP contribution in [0, 0.1) is 17.3 Å². The van der Waals surface area contributed by atoms with Gasteiger partial charge in [-0.05, 0) is 69.1 Å². The third kappa shape index (κ3) is 7.54. The van der Waals surface area contributed by atoms with E-state index in [4.69, 9.17) is 0 Å². The van der Waals surface area contributed by atoms with Crippen LogP contribution in [0.1, 0.15) is 59.8 Å². The zero-order chi connectivity index (χ0) is 20.9. The molecule has 2 aliphatic rings. The van der Waals surface area contributed by atoms with Gasteiger partial charge in [-0.2, -0.15) is 13.2 Å². The normalized spacial score (nSPS) is 22.2. The summed E-state index contributed by atoms with van der Waals surface area (Å²) in [5.41, 5.74) is 0.282. The van der Waals surface area contributed by atoms with Gasteiger partial charge in [-0.1, -0.05) is 27.7 Å². The van der Waals surface area contributed by atoms with Gasteiger partial charge < -0.3 is 10.2 Å². The molecule has 2 saturated heterocycles. The molecule has 28 heavy (non-hydrogen) atoms. The number of alkyl halides is 3. The average molecular weight is 406 g/mol. The van der Waals surface area contributed by atoms with Crippen LogP contribution >= 0.6 is 0 Å². The van der Waals surface area contributed by atoms with Gasteiger partial charge >= 0.3 is 6.18 Å². The van der Waals surface area contributed by atoms with E-state index < -0.39 is 18.5 Å². The number of piperidine rings is 2. The first-order valence-electron chi connectivity index (χ1n) is 10.7. The highest BCUT2D eigenvalue weighted by Gasteiger charge is 2.35. The van der Waals surface area contributed by atoms with Crippen molar-refractivity contribution in [3.63, 3.8) is 0 Å². The van der Waals surface area contributed by atoms with Crippen molar-refractivity contribution in [3.8, 4) is 0 Å². The summed E-state index contributed by atoms with van der Waals surface area (Å²) < 4.78 is 38.4. The molecule has 7 heteroatoms. The second kappa shape index (κ2) is 9.79. The number of amides is 1. The second-order valence-electron chi connectivity index (χ2n) is 9.87. The maximum absolute atomic E-state index is 13.1. The lowest BCUT2D eigenvalue weighted by Crippen LogP contribution is -2.52. The molecule has 2 rings (SSSR count). The summed E-state index contributed by atoms with van der Waals surface area (Å²) in [6.07, 6.45) is -1.23. The molecule has 2 heterocycles. The molecule has 1 atom stereocenters. The Morgan fingerprint density at radius 2 is 1.68 bits per heavy atom. The van der Waals surface area contributed by atoms with E-state index in [0.717, 1.165) is 51.9 Å². The van der Waals surface area contributed by atoms with Crippen molar-refractivity contribution in [2.24, 2.45) is 17.3 Å². The zero-order valence-electron chi connectivity index (χ0n) is 17.9. The number of hydrogen-bond donors (Lipinski definition) is 1. The summed E-state index contributed by atoms with van der Waals surface area (Å²) in [6.45, 7) is 12.3. The highest BCUT2D eigenvalue weighted by atomic mass is 19.4. The van der Waals surface area contributed by atoms with Gasteiger partial charge in [0.2, 0.25) is 5.91 Å². The Balaban J connectivity index is 1.95. The molecule has 1 unspecified atom stereocenters. The minimum absolute atomic E-state index is 0.00451. The Bertz CT molecular complexity index is 490.